The van der Waals surface area contributed by atoms with Crippen molar-refractivity contribution in [2.45, 2.75) is 19.4 Å². The number of rotatable bonds is 8. The number of esters is 1. The third-order valence-corrected chi connectivity index (χ3v) is 3.76. The Bertz CT molecular complexity index is 868. The summed E-state index contributed by atoms with van der Waals surface area (Å²) in [6.45, 7) is 1.49. The van der Waals surface area contributed by atoms with Crippen molar-refractivity contribution in [1.29, 1.82) is 0 Å². The molecule has 2 rings (SSSR count). The number of hydrogen-bond acceptors (Lipinski definition) is 5. The van der Waals surface area contributed by atoms with Gasteiger partial charge in [-0.25, -0.2) is 4.79 Å². The molecule has 0 radical (unpaired) electrons. The van der Waals surface area contributed by atoms with Crippen LogP contribution in [-0.4, -0.2) is 36.5 Å². The van der Waals surface area contributed by atoms with Crippen molar-refractivity contribution in [2.24, 2.45) is 5.73 Å². The van der Waals surface area contributed by atoms with E-state index in [1.807, 2.05) is 6.07 Å². The molecule has 4 amide bonds. The molecule has 0 aromatic heterocycles. The minimum atomic E-state index is -1.03. The molecule has 9 nitrogen and oxygen atoms in total. The Kier molecular flexibility index (Phi) is 7.72. The van der Waals surface area contributed by atoms with E-state index in [1.54, 1.807) is 24.3 Å². The number of ether oxygens (including phenoxy) is 1. The Morgan fingerprint density at radius 2 is 1.55 bits per heavy atom. The van der Waals surface area contributed by atoms with Crippen molar-refractivity contribution >= 4 is 35.2 Å². The molecule has 0 bridgehead atoms. The molecule has 0 aliphatic rings. The molecular formula is C20H22N4O5. The van der Waals surface area contributed by atoms with Crippen LogP contribution in [0.5, 0.6) is 0 Å². The maximum absolute atomic E-state index is 12.1. The van der Waals surface area contributed by atoms with E-state index < -0.39 is 29.9 Å². The van der Waals surface area contributed by atoms with Crippen LogP contribution in [-0.2, 0) is 14.3 Å². The number of carbonyl (C=O) groups excluding carboxylic acids is 4. The highest BCUT2D eigenvalue weighted by molar-refractivity contribution is 5.96. The van der Waals surface area contributed by atoms with E-state index in [1.165, 1.54) is 31.2 Å². The number of urea groups is 1. The second-order valence-corrected chi connectivity index (χ2v) is 6.06. The first-order chi connectivity index (χ1) is 13.8. The van der Waals surface area contributed by atoms with Crippen molar-refractivity contribution < 1.29 is 23.9 Å². The van der Waals surface area contributed by atoms with Crippen molar-refractivity contribution in [1.82, 2.24) is 5.32 Å². The van der Waals surface area contributed by atoms with Crippen LogP contribution in [0.1, 0.15) is 23.7 Å². The second-order valence-electron chi connectivity index (χ2n) is 6.06. The summed E-state index contributed by atoms with van der Waals surface area (Å²) in [5.41, 5.74) is 6.52. The quantitative estimate of drug-likeness (QED) is 0.503. The van der Waals surface area contributed by atoms with Crippen molar-refractivity contribution in [3.05, 3.63) is 60.2 Å². The third kappa shape index (κ3) is 7.33. The van der Waals surface area contributed by atoms with Crippen molar-refractivity contribution in [3.63, 3.8) is 0 Å². The summed E-state index contributed by atoms with van der Waals surface area (Å²) in [6, 6.07) is 14.4. The van der Waals surface area contributed by atoms with Gasteiger partial charge in [-0.05, 0) is 43.3 Å². The average molecular weight is 398 g/mol. The predicted octanol–water partition coefficient (Wildman–Crippen LogP) is 1.87. The highest BCUT2D eigenvalue weighted by atomic mass is 16.5. The van der Waals surface area contributed by atoms with Gasteiger partial charge in [-0.15, -0.1) is 0 Å². The van der Waals surface area contributed by atoms with Crippen LogP contribution in [0, 0.1) is 0 Å². The van der Waals surface area contributed by atoms with Crippen LogP contribution in [0.4, 0.5) is 16.2 Å². The normalized spacial score (nSPS) is 11.1. The largest absolute Gasteiger partial charge is 0.452 e. The Labute approximate surface area is 167 Å². The van der Waals surface area contributed by atoms with Crippen LogP contribution in [0.3, 0.4) is 0 Å². The van der Waals surface area contributed by atoms with Gasteiger partial charge < -0.3 is 26.4 Å². The number of hydrogen-bond donors (Lipinski definition) is 4. The topological polar surface area (TPSA) is 140 Å². The van der Waals surface area contributed by atoms with E-state index in [0.717, 1.165) is 0 Å². The molecule has 0 heterocycles. The van der Waals surface area contributed by atoms with Gasteiger partial charge in [0.05, 0.1) is 6.42 Å². The molecule has 152 valence electrons. The van der Waals surface area contributed by atoms with Gasteiger partial charge in [0, 0.05) is 23.5 Å². The monoisotopic (exact) mass is 398 g/mol. The number of primary amides is 1. The van der Waals surface area contributed by atoms with Gasteiger partial charge in [0.1, 0.15) is 0 Å². The fourth-order valence-electron chi connectivity index (χ4n) is 2.25. The predicted molar refractivity (Wildman–Crippen MR) is 107 cm³/mol. The smallest absolute Gasteiger partial charge is 0.319 e. The minimum absolute atomic E-state index is 0.0560. The molecule has 2 aromatic rings. The number of para-hydroxylation sites is 1. The molecule has 29 heavy (non-hydrogen) atoms. The average Bonchev–Trinajstić information content (AvgIpc) is 2.69. The molecular weight excluding hydrogens is 376 g/mol. The third-order valence-electron chi connectivity index (χ3n) is 3.76. The van der Waals surface area contributed by atoms with Crippen LogP contribution >= 0.6 is 0 Å². The highest BCUT2D eigenvalue weighted by Crippen LogP contribution is 2.10. The first kappa shape index (κ1) is 21.4. The van der Waals surface area contributed by atoms with E-state index in [9.17, 15) is 19.2 Å². The molecule has 0 saturated carbocycles. The minimum Gasteiger partial charge on any atom is -0.452 e. The number of nitrogens with two attached hydrogens (primary N) is 1. The van der Waals surface area contributed by atoms with Gasteiger partial charge >= 0.3 is 12.0 Å². The fourth-order valence-corrected chi connectivity index (χ4v) is 2.25. The van der Waals surface area contributed by atoms with Gasteiger partial charge in [0.25, 0.3) is 5.91 Å². The lowest BCUT2D eigenvalue weighted by Gasteiger charge is -2.14. The second kappa shape index (κ2) is 10.5. The first-order valence-corrected chi connectivity index (χ1v) is 8.85. The van der Waals surface area contributed by atoms with E-state index in [-0.39, 0.29) is 13.0 Å². The molecule has 0 aliphatic carbocycles. The van der Waals surface area contributed by atoms with Gasteiger partial charge in [-0.2, -0.15) is 0 Å². The Morgan fingerprint density at radius 1 is 0.931 bits per heavy atom. The van der Waals surface area contributed by atoms with E-state index >= 15 is 0 Å². The van der Waals surface area contributed by atoms with Crippen LogP contribution in [0.2, 0.25) is 0 Å². The molecule has 0 unspecified atom stereocenters. The molecule has 0 fully saturated rings. The van der Waals surface area contributed by atoms with Crippen LogP contribution in [0.15, 0.2) is 54.6 Å². The SMILES string of the molecule is C[C@@H](OC(=O)CCNC(=O)Nc1ccccc1)C(=O)Nc1ccc(C(N)=O)cc1. The van der Waals surface area contributed by atoms with Gasteiger partial charge in [-0.1, -0.05) is 18.2 Å². The summed E-state index contributed by atoms with van der Waals surface area (Å²) in [4.78, 5) is 46.7. The molecule has 1 atom stereocenters. The number of carbonyl (C=O) groups is 4. The molecule has 5 N–H and O–H groups in total. The molecule has 0 aliphatic heterocycles. The lowest BCUT2D eigenvalue weighted by molar-refractivity contribution is -0.153. The highest BCUT2D eigenvalue weighted by Gasteiger charge is 2.18. The van der Waals surface area contributed by atoms with Gasteiger partial charge in [-0.3, -0.25) is 14.4 Å². The number of anilines is 2. The maximum Gasteiger partial charge on any atom is 0.319 e. The lowest BCUT2D eigenvalue weighted by Crippen LogP contribution is -2.33. The van der Waals surface area contributed by atoms with Gasteiger partial charge in [0.2, 0.25) is 5.91 Å². The number of nitrogens with one attached hydrogen (secondary N) is 3. The zero-order chi connectivity index (χ0) is 21.2. The maximum atomic E-state index is 12.1. The summed E-state index contributed by atoms with van der Waals surface area (Å²) in [5.74, 6) is -1.73. The number of benzene rings is 2. The van der Waals surface area contributed by atoms with Crippen LogP contribution in [0.25, 0.3) is 0 Å². The zero-order valence-electron chi connectivity index (χ0n) is 15.8. The molecule has 2 aromatic carbocycles. The molecule has 0 saturated heterocycles. The summed E-state index contributed by atoms with van der Waals surface area (Å²) in [6.07, 6.45) is -1.12. The van der Waals surface area contributed by atoms with Crippen molar-refractivity contribution in [2.75, 3.05) is 17.2 Å². The summed E-state index contributed by atoms with van der Waals surface area (Å²) < 4.78 is 5.05. The fraction of sp³-hybridized carbons (Fsp3) is 0.200. The lowest BCUT2D eigenvalue weighted by atomic mass is 10.2. The molecule has 0 spiro atoms. The zero-order valence-corrected chi connectivity index (χ0v) is 15.8. The summed E-state index contributed by atoms with van der Waals surface area (Å²) in [5, 5.41) is 7.71. The number of amides is 4. The standard InChI is InChI=1S/C20H22N4O5/c1-13(19(27)23-16-9-7-14(8-10-16)18(21)26)29-17(25)11-12-22-20(28)24-15-5-3-2-4-6-15/h2-10,13H,11-12H2,1H3,(H2,21,26)(H,23,27)(H2,22,24,28)/t13-/m1/s1. The molecule has 9 heteroatoms. The van der Waals surface area contributed by atoms with Crippen LogP contribution < -0.4 is 21.7 Å². The van der Waals surface area contributed by atoms with Gasteiger partial charge in [0.15, 0.2) is 6.10 Å². The van der Waals surface area contributed by atoms with E-state index in [2.05, 4.69) is 16.0 Å². The first-order valence-electron chi connectivity index (χ1n) is 8.85. The summed E-state index contributed by atoms with van der Waals surface area (Å²) >= 11 is 0. The van der Waals surface area contributed by atoms with Crippen molar-refractivity contribution in [3.8, 4) is 0 Å². The Balaban J connectivity index is 1.70. The Hall–Kier alpha value is -3.88. The Morgan fingerprint density at radius 3 is 2.17 bits per heavy atom. The van der Waals surface area contributed by atoms with E-state index in [4.69, 9.17) is 10.5 Å². The summed E-state index contributed by atoms with van der Waals surface area (Å²) in [7, 11) is 0. The van der Waals surface area contributed by atoms with E-state index in [0.29, 0.717) is 16.9 Å².